The van der Waals surface area contributed by atoms with Crippen molar-refractivity contribution in [3.05, 3.63) is 0 Å². The molecule has 0 saturated heterocycles. The third-order valence-electron chi connectivity index (χ3n) is 1.91. The number of aliphatic hydroxyl groups excluding tert-OH is 1. The average molecular weight is 146 g/mol. The number of hydrogen-bond acceptors (Lipinski definition) is 2. The van der Waals surface area contributed by atoms with Crippen LogP contribution in [-0.4, -0.2) is 22.4 Å². The normalized spacial score (nSPS) is 15.9. The molecule has 2 N–H and O–H groups in total. The van der Waals surface area contributed by atoms with Crippen molar-refractivity contribution < 1.29 is 10.2 Å². The fraction of sp³-hybridized carbons (Fsp3) is 1.00. The standard InChI is InChI=1S/C8H18O2/c1-6(2)7(5-9)8(3,4)10/h6-7,9-10H,5H2,1-4H3. The number of rotatable bonds is 3. The van der Waals surface area contributed by atoms with Gasteiger partial charge in [0.05, 0.1) is 5.60 Å². The zero-order valence-corrected chi connectivity index (χ0v) is 7.26. The minimum absolute atomic E-state index is 0.0208. The van der Waals surface area contributed by atoms with Gasteiger partial charge in [-0.25, -0.2) is 0 Å². The molecule has 0 fully saturated rings. The highest BCUT2D eigenvalue weighted by molar-refractivity contribution is 4.78. The molecular weight excluding hydrogens is 128 g/mol. The zero-order chi connectivity index (χ0) is 8.36. The van der Waals surface area contributed by atoms with Crippen molar-refractivity contribution >= 4 is 0 Å². The lowest BCUT2D eigenvalue weighted by Gasteiger charge is -2.30. The lowest BCUT2D eigenvalue weighted by molar-refractivity contribution is -0.0291. The highest BCUT2D eigenvalue weighted by Gasteiger charge is 2.28. The molecule has 0 saturated carbocycles. The van der Waals surface area contributed by atoms with E-state index < -0.39 is 5.60 Å². The maximum absolute atomic E-state index is 9.49. The Bertz CT molecular complexity index is 91.9. The van der Waals surface area contributed by atoms with E-state index in [0.717, 1.165) is 0 Å². The van der Waals surface area contributed by atoms with Crippen LogP contribution in [0.5, 0.6) is 0 Å². The lowest BCUT2D eigenvalue weighted by Crippen LogP contribution is -2.36. The van der Waals surface area contributed by atoms with Crippen LogP contribution in [0.15, 0.2) is 0 Å². The fourth-order valence-corrected chi connectivity index (χ4v) is 1.25. The van der Waals surface area contributed by atoms with Crippen molar-refractivity contribution in [2.45, 2.75) is 33.3 Å². The van der Waals surface area contributed by atoms with E-state index >= 15 is 0 Å². The minimum Gasteiger partial charge on any atom is -0.396 e. The maximum Gasteiger partial charge on any atom is 0.0644 e. The van der Waals surface area contributed by atoms with E-state index in [0.29, 0.717) is 5.92 Å². The van der Waals surface area contributed by atoms with Gasteiger partial charge in [-0.05, 0) is 19.8 Å². The van der Waals surface area contributed by atoms with Crippen molar-refractivity contribution in [1.29, 1.82) is 0 Å². The van der Waals surface area contributed by atoms with Crippen LogP contribution in [0, 0.1) is 11.8 Å². The summed E-state index contributed by atoms with van der Waals surface area (Å²) in [4.78, 5) is 0. The van der Waals surface area contributed by atoms with E-state index in [4.69, 9.17) is 5.11 Å². The van der Waals surface area contributed by atoms with Gasteiger partial charge in [-0.2, -0.15) is 0 Å². The highest BCUT2D eigenvalue weighted by atomic mass is 16.3. The molecule has 0 rings (SSSR count). The van der Waals surface area contributed by atoms with Crippen LogP contribution < -0.4 is 0 Å². The third-order valence-corrected chi connectivity index (χ3v) is 1.91. The summed E-state index contributed by atoms with van der Waals surface area (Å²) in [5.74, 6) is 0.303. The first-order valence-electron chi connectivity index (χ1n) is 3.72. The third kappa shape index (κ3) is 2.67. The summed E-state index contributed by atoms with van der Waals surface area (Å²) in [6.45, 7) is 7.51. The molecule has 0 aromatic rings. The van der Waals surface area contributed by atoms with Gasteiger partial charge >= 0.3 is 0 Å². The number of hydrogen-bond donors (Lipinski definition) is 2. The predicted molar refractivity (Wildman–Crippen MR) is 41.7 cm³/mol. The van der Waals surface area contributed by atoms with Crippen LogP contribution in [0.1, 0.15) is 27.7 Å². The molecular formula is C8H18O2. The topological polar surface area (TPSA) is 40.5 Å². The Hall–Kier alpha value is -0.0800. The van der Waals surface area contributed by atoms with Crippen molar-refractivity contribution in [1.82, 2.24) is 0 Å². The van der Waals surface area contributed by atoms with Gasteiger partial charge in [-0.15, -0.1) is 0 Å². The summed E-state index contributed by atoms with van der Waals surface area (Å²) < 4.78 is 0. The Labute approximate surface area is 62.9 Å². The monoisotopic (exact) mass is 146 g/mol. The molecule has 0 spiro atoms. The molecule has 62 valence electrons. The molecule has 0 radical (unpaired) electrons. The first kappa shape index (κ1) is 9.92. The molecule has 0 aliphatic rings. The van der Waals surface area contributed by atoms with Crippen LogP contribution >= 0.6 is 0 Å². The second-order valence-electron chi connectivity index (χ2n) is 3.69. The quantitative estimate of drug-likeness (QED) is 0.624. The van der Waals surface area contributed by atoms with Gasteiger partial charge in [0.2, 0.25) is 0 Å². The molecule has 1 unspecified atom stereocenters. The second-order valence-corrected chi connectivity index (χ2v) is 3.69. The summed E-state index contributed by atoms with van der Waals surface area (Å²) in [6.07, 6.45) is 0. The Morgan fingerprint density at radius 2 is 1.70 bits per heavy atom. The van der Waals surface area contributed by atoms with Crippen molar-refractivity contribution in [2.24, 2.45) is 11.8 Å². The van der Waals surface area contributed by atoms with Crippen molar-refractivity contribution in [3.63, 3.8) is 0 Å². The Balaban J connectivity index is 4.07. The van der Waals surface area contributed by atoms with Gasteiger partial charge < -0.3 is 10.2 Å². The lowest BCUT2D eigenvalue weighted by atomic mass is 9.83. The van der Waals surface area contributed by atoms with Crippen LogP contribution in [0.25, 0.3) is 0 Å². The molecule has 0 aliphatic carbocycles. The molecule has 10 heavy (non-hydrogen) atoms. The molecule has 2 nitrogen and oxygen atoms in total. The van der Waals surface area contributed by atoms with E-state index in [1.54, 1.807) is 13.8 Å². The van der Waals surface area contributed by atoms with Gasteiger partial charge in [0.1, 0.15) is 0 Å². The first-order chi connectivity index (χ1) is 4.39. The summed E-state index contributed by atoms with van der Waals surface area (Å²) in [6, 6.07) is 0. The maximum atomic E-state index is 9.49. The molecule has 2 heteroatoms. The van der Waals surface area contributed by atoms with Gasteiger partial charge in [0, 0.05) is 12.5 Å². The Morgan fingerprint density at radius 1 is 1.30 bits per heavy atom. The largest absolute Gasteiger partial charge is 0.396 e. The highest BCUT2D eigenvalue weighted by Crippen LogP contribution is 2.23. The Morgan fingerprint density at radius 3 is 1.70 bits per heavy atom. The fourth-order valence-electron chi connectivity index (χ4n) is 1.25. The summed E-state index contributed by atoms with van der Waals surface area (Å²) in [7, 11) is 0. The zero-order valence-electron chi connectivity index (χ0n) is 7.26. The van der Waals surface area contributed by atoms with Gasteiger partial charge in [0.15, 0.2) is 0 Å². The molecule has 0 bridgehead atoms. The van der Waals surface area contributed by atoms with Gasteiger partial charge in [0.25, 0.3) is 0 Å². The van der Waals surface area contributed by atoms with E-state index in [1.807, 2.05) is 13.8 Å². The average Bonchev–Trinajstić information content (AvgIpc) is 1.60. The molecule has 0 aromatic heterocycles. The van der Waals surface area contributed by atoms with Crippen LogP contribution in [0.2, 0.25) is 0 Å². The van der Waals surface area contributed by atoms with E-state index in [9.17, 15) is 5.11 Å². The molecule has 0 aromatic carbocycles. The molecule has 0 amide bonds. The van der Waals surface area contributed by atoms with Gasteiger partial charge in [-0.3, -0.25) is 0 Å². The predicted octanol–water partition coefficient (Wildman–Crippen LogP) is 1.02. The van der Waals surface area contributed by atoms with Crippen molar-refractivity contribution in [2.75, 3.05) is 6.61 Å². The van der Waals surface area contributed by atoms with E-state index in [2.05, 4.69) is 0 Å². The minimum atomic E-state index is -0.761. The second kappa shape index (κ2) is 3.35. The number of aliphatic hydroxyl groups is 2. The molecule has 1 atom stereocenters. The summed E-state index contributed by atoms with van der Waals surface area (Å²) >= 11 is 0. The summed E-state index contributed by atoms with van der Waals surface area (Å²) in [5.41, 5.74) is -0.761. The summed E-state index contributed by atoms with van der Waals surface area (Å²) in [5, 5.41) is 18.4. The first-order valence-corrected chi connectivity index (χ1v) is 3.72. The SMILES string of the molecule is CC(C)C(CO)C(C)(C)O. The van der Waals surface area contributed by atoms with Crippen LogP contribution in [0.3, 0.4) is 0 Å². The van der Waals surface area contributed by atoms with Crippen LogP contribution in [0.4, 0.5) is 0 Å². The van der Waals surface area contributed by atoms with Crippen LogP contribution in [-0.2, 0) is 0 Å². The van der Waals surface area contributed by atoms with E-state index in [1.165, 1.54) is 0 Å². The van der Waals surface area contributed by atoms with Crippen molar-refractivity contribution in [3.8, 4) is 0 Å². The van der Waals surface area contributed by atoms with E-state index in [-0.39, 0.29) is 12.5 Å². The van der Waals surface area contributed by atoms with Gasteiger partial charge in [-0.1, -0.05) is 13.8 Å². The smallest absolute Gasteiger partial charge is 0.0644 e. The molecule has 0 heterocycles. The molecule has 0 aliphatic heterocycles. The Kier molecular flexibility index (Phi) is 3.33.